The molecule has 0 spiro atoms. The lowest BCUT2D eigenvalue weighted by Crippen LogP contribution is -2.09. The summed E-state index contributed by atoms with van der Waals surface area (Å²) in [6.07, 6.45) is 1.35. The second-order valence-electron chi connectivity index (χ2n) is 2.12. The van der Waals surface area contributed by atoms with Crippen LogP contribution in [0, 0.1) is 0 Å². The molecule has 0 saturated heterocycles. The molecule has 0 aliphatic heterocycles. The van der Waals surface area contributed by atoms with E-state index in [1.807, 2.05) is 6.92 Å². The maximum atomic E-state index is 10.9. The number of hydrogen-bond acceptors (Lipinski definition) is 4. The van der Waals surface area contributed by atoms with Crippen LogP contribution >= 0.6 is 0 Å². The van der Waals surface area contributed by atoms with E-state index in [9.17, 15) is 4.79 Å². The van der Waals surface area contributed by atoms with E-state index in [0.29, 0.717) is 12.2 Å². The third-order valence-electron chi connectivity index (χ3n) is 1.07. The maximum absolute atomic E-state index is 10.9. The summed E-state index contributed by atoms with van der Waals surface area (Å²) in [6, 6.07) is 0. The third-order valence-corrected chi connectivity index (χ3v) is 1.07. The van der Waals surface area contributed by atoms with Crippen LogP contribution in [0.5, 0.6) is 0 Å². The minimum atomic E-state index is -0.461. The summed E-state index contributed by atoms with van der Waals surface area (Å²) in [5.74, 6) is -0.461. The van der Waals surface area contributed by atoms with E-state index in [1.54, 1.807) is 6.92 Å². The zero-order valence-electron chi connectivity index (χ0n) is 7.37. The lowest BCUT2D eigenvalue weighted by Gasteiger charge is -2.02. The molecule has 0 bridgehead atoms. The van der Waals surface area contributed by atoms with Gasteiger partial charge >= 0.3 is 5.97 Å². The van der Waals surface area contributed by atoms with E-state index in [0.717, 1.165) is 0 Å². The highest BCUT2D eigenvalue weighted by molar-refractivity contribution is 5.87. The Bertz CT molecular complexity index is 162. The van der Waals surface area contributed by atoms with Crippen LogP contribution in [0.25, 0.3) is 0 Å². The monoisotopic (exact) mass is 174 g/mol. The number of esters is 1. The Balaban J connectivity index is 3.75. The summed E-state index contributed by atoms with van der Waals surface area (Å²) in [7, 11) is 0. The van der Waals surface area contributed by atoms with Crippen LogP contribution in [0.3, 0.4) is 0 Å². The van der Waals surface area contributed by atoms with Gasteiger partial charge in [-0.1, -0.05) is 0 Å². The molecule has 1 N–H and O–H groups in total. The van der Waals surface area contributed by atoms with Gasteiger partial charge in [0.05, 0.1) is 25.0 Å². The van der Waals surface area contributed by atoms with Gasteiger partial charge in [-0.05, 0) is 13.8 Å². The molecule has 0 aromatic heterocycles. The van der Waals surface area contributed by atoms with Crippen molar-refractivity contribution < 1.29 is 19.4 Å². The first-order valence-corrected chi connectivity index (χ1v) is 3.78. The minimum Gasteiger partial charge on any atom is -0.501 e. The second kappa shape index (κ2) is 6.67. The first-order chi connectivity index (χ1) is 5.72. The normalized spacial score (nSPS) is 11.1. The number of hydrogen-bond donors (Lipinski definition) is 1. The quantitative estimate of drug-likeness (QED) is 0.374. The fraction of sp³-hybridized carbons (Fsp3) is 0.625. The van der Waals surface area contributed by atoms with Crippen molar-refractivity contribution in [2.45, 2.75) is 13.8 Å². The van der Waals surface area contributed by atoms with Crippen molar-refractivity contribution in [2.75, 3.05) is 19.8 Å². The van der Waals surface area contributed by atoms with Crippen LogP contribution in [-0.2, 0) is 14.3 Å². The Labute approximate surface area is 71.8 Å². The molecule has 0 heterocycles. The van der Waals surface area contributed by atoms with E-state index < -0.39 is 5.97 Å². The Kier molecular flexibility index (Phi) is 6.09. The molecule has 12 heavy (non-hydrogen) atoms. The molecule has 0 aromatic carbocycles. The van der Waals surface area contributed by atoms with Crippen LogP contribution in [0.4, 0.5) is 0 Å². The highest BCUT2D eigenvalue weighted by Crippen LogP contribution is 1.96. The number of carbonyl (C=O) groups is 1. The maximum Gasteiger partial charge on any atom is 0.336 e. The first-order valence-electron chi connectivity index (χ1n) is 3.78. The summed E-state index contributed by atoms with van der Waals surface area (Å²) < 4.78 is 9.48. The van der Waals surface area contributed by atoms with Gasteiger partial charge in [0.15, 0.2) is 0 Å². The molecule has 0 radical (unpaired) electrons. The molecule has 0 aliphatic rings. The van der Waals surface area contributed by atoms with Gasteiger partial charge in [-0.3, -0.25) is 0 Å². The van der Waals surface area contributed by atoms with Gasteiger partial charge in [-0.25, -0.2) is 4.79 Å². The van der Waals surface area contributed by atoms with E-state index >= 15 is 0 Å². The summed E-state index contributed by atoms with van der Waals surface area (Å²) in [5, 5.41) is 8.35. The zero-order chi connectivity index (χ0) is 9.40. The summed E-state index contributed by atoms with van der Waals surface area (Å²) >= 11 is 0. The summed E-state index contributed by atoms with van der Waals surface area (Å²) in [6.45, 7) is 3.80. The molecule has 0 atom stereocenters. The first kappa shape index (κ1) is 11.0. The van der Waals surface area contributed by atoms with Gasteiger partial charge in [-0.15, -0.1) is 0 Å². The predicted octanol–water partition coefficient (Wildman–Crippen LogP) is 0.462. The Morgan fingerprint density at radius 1 is 1.58 bits per heavy atom. The van der Waals surface area contributed by atoms with Gasteiger partial charge in [0, 0.05) is 0 Å². The molecule has 0 aromatic rings. The largest absolute Gasteiger partial charge is 0.501 e. The van der Waals surface area contributed by atoms with E-state index in [-0.39, 0.29) is 13.2 Å². The molecule has 0 unspecified atom stereocenters. The third kappa shape index (κ3) is 4.73. The molecule has 4 heteroatoms. The van der Waals surface area contributed by atoms with Crippen molar-refractivity contribution in [1.29, 1.82) is 0 Å². The van der Waals surface area contributed by atoms with Crippen molar-refractivity contribution >= 4 is 5.97 Å². The van der Waals surface area contributed by atoms with Gasteiger partial charge in [-0.2, -0.15) is 0 Å². The van der Waals surface area contributed by atoms with Crippen LogP contribution in [-0.4, -0.2) is 30.9 Å². The molecule has 70 valence electrons. The average Bonchev–Trinajstić information content (AvgIpc) is 2.10. The number of ether oxygens (including phenoxy) is 2. The van der Waals surface area contributed by atoms with E-state index in [2.05, 4.69) is 4.74 Å². The smallest absolute Gasteiger partial charge is 0.336 e. The number of carbonyl (C=O) groups excluding carboxylic acids is 1. The second-order valence-corrected chi connectivity index (χ2v) is 2.12. The fourth-order valence-corrected chi connectivity index (χ4v) is 0.509. The van der Waals surface area contributed by atoms with Crippen molar-refractivity contribution in [3.8, 4) is 0 Å². The van der Waals surface area contributed by atoms with Crippen LogP contribution in [0.2, 0.25) is 0 Å². The Morgan fingerprint density at radius 2 is 2.25 bits per heavy atom. The number of rotatable bonds is 5. The fourth-order valence-electron chi connectivity index (χ4n) is 0.509. The van der Waals surface area contributed by atoms with Gasteiger partial charge in [0.2, 0.25) is 0 Å². The Morgan fingerprint density at radius 3 is 2.75 bits per heavy atom. The average molecular weight is 174 g/mol. The van der Waals surface area contributed by atoms with Gasteiger partial charge in [0.1, 0.15) is 6.61 Å². The van der Waals surface area contributed by atoms with Crippen molar-refractivity contribution in [3.63, 3.8) is 0 Å². The number of aliphatic hydroxyl groups excluding tert-OH is 1. The minimum absolute atomic E-state index is 0.0239. The lowest BCUT2D eigenvalue weighted by atomic mass is 10.3. The highest BCUT2D eigenvalue weighted by atomic mass is 16.5. The molecule has 0 amide bonds. The topological polar surface area (TPSA) is 55.8 Å². The van der Waals surface area contributed by atoms with Gasteiger partial charge in [0.25, 0.3) is 0 Å². The van der Waals surface area contributed by atoms with Crippen LogP contribution in [0.1, 0.15) is 13.8 Å². The Hall–Kier alpha value is -1.03. The molecule has 0 saturated carbocycles. The predicted molar refractivity (Wildman–Crippen MR) is 43.4 cm³/mol. The SMILES string of the molecule is CCOC=C(C)C(=O)OCCO. The molecular weight excluding hydrogens is 160 g/mol. The van der Waals surface area contributed by atoms with E-state index in [4.69, 9.17) is 9.84 Å². The van der Waals surface area contributed by atoms with Crippen molar-refractivity contribution in [3.05, 3.63) is 11.8 Å². The van der Waals surface area contributed by atoms with Crippen molar-refractivity contribution in [2.24, 2.45) is 0 Å². The highest BCUT2D eigenvalue weighted by Gasteiger charge is 2.04. The zero-order valence-corrected chi connectivity index (χ0v) is 7.37. The van der Waals surface area contributed by atoms with Crippen molar-refractivity contribution in [1.82, 2.24) is 0 Å². The van der Waals surface area contributed by atoms with Gasteiger partial charge < -0.3 is 14.6 Å². The van der Waals surface area contributed by atoms with E-state index in [1.165, 1.54) is 6.26 Å². The standard InChI is InChI=1S/C8H14O4/c1-3-11-6-7(2)8(10)12-5-4-9/h6,9H,3-5H2,1-2H3. The summed E-state index contributed by atoms with van der Waals surface area (Å²) in [4.78, 5) is 10.9. The molecule has 0 fully saturated rings. The molecule has 0 aliphatic carbocycles. The van der Waals surface area contributed by atoms with Crippen LogP contribution in [0.15, 0.2) is 11.8 Å². The number of aliphatic hydroxyl groups is 1. The molecular formula is C8H14O4. The molecule has 4 nitrogen and oxygen atoms in total. The lowest BCUT2D eigenvalue weighted by molar-refractivity contribution is -0.140. The molecule has 0 rings (SSSR count). The van der Waals surface area contributed by atoms with Crippen LogP contribution < -0.4 is 0 Å². The summed E-state index contributed by atoms with van der Waals surface area (Å²) in [5.41, 5.74) is 0.394.